The van der Waals surface area contributed by atoms with Gasteiger partial charge < -0.3 is 15.2 Å². The highest BCUT2D eigenvalue weighted by molar-refractivity contribution is 7.87. The van der Waals surface area contributed by atoms with Crippen LogP contribution in [0.1, 0.15) is 6.42 Å². The molecule has 0 aromatic rings. The Morgan fingerprint density at radius 3 is 2.44 bits per heavy atom. The van der Waals surface area contributed by atoms with E-state index < -0.39 is 16.3 Å². The Balaban J connectivity index is 4.69. The van der Waals surface area contributed by atoms with Gasteiger partial charge in [-0.2, -0.15) is 12.7 Å². The van der Waals surface area contributed by atoms with Crippen LogP contribution < -0.4 is 10.5 Å². The number of nitrogens with two attached hydrogens (primary N) is 1. The maximum absolute atomic E-state index is 11.8. The molecule has 0 unspecified atom stereocenters. The van der Waals surface area contributed by atoms with Crippen molar-refractivity contribution in [3.8, 4) is 0 Å². The van der Waals surface area contributed by atoms with Crippen molar-refractivity contribution in [3.63, 3.8) is 0 Å². The summed E-state index contributed by atoms with van der Waals surface area (Å²) in [6.45, 7) is 0.315. The lowest BCUT2D eigenvalue weighted by molar-refractivity contribution is 0.172. The summed E-state index contributed by atoms with van der Waals surface area (Å²) in [7, 11) is -1.48. The van der Waals surface area contributed by atoms with Crippen LogP contribution in [0.25, 0.3) is 0 Å². The first-order chi connectivity index (χ1) is 8.33. The summed E-state index contributed by atoms with van der Waals surface area (Å²) in [5.41, 5.74) is 5.31. The number of nitrogens with zero attached hydrogens (tertiary/aromatic N) is 1. The van der Waals surface area contributed by atoms with Gasteiger partial charge >= 0.3 is 16.3 Å². The molecule has 0 rings (SSSR count). The predicted octanol–water partition coefficient (Wildman–Crippen LogP) is -0.788. The summed E-state index contributed by atoms with van der Waals surface area (Å²) in [4.78, 5) is 11.1. The third-order valence-electron chi connectivity index (χ3n) is 1.89. The van der Waals surface area contributed by atoms with Gasteiger partial charge in [-0.25, -0.2) is 9.52 Å². The Hall–Kier alpha value is -0.970. The number of amides is 1. The van der Waals surface area contributed by atoms with Gasteiger partial charge in [-0.1, -0.05) is 12.2 Å². The van der Waals surface area contributed by atoms with Crippen LogP contribution in [0.3, 0.4) is 0 Å². The second-order valence-electron chi connectivity index (χ2n) is 3.21. The van der Waals surface area contributed by atoms with Crippen LogP contribution in [0.4, 0.5) is 4.79 Å². The molecule has 0 aliphatic heterocycles. The molecule has 0 aliphatic rings. The van der Waals surface area contributed by atoms with Crippen molar-refractivity contribution >= 4 is 33.5 Å². The molecule has 0 saturated heterocycles. The van der Waals surface area contributed by atoms with Crippen molar-refractivity contribution in [2.24, 2.45) is 5.73 Å². The van der Waals surface area contributed by atoms with Crippen LogP contribution in [0.2, 0.25) is 0 Å². The van der Waals surface area contributed by atoms with E-state index in [2.05, 4.69) is 17.0 Å². The standard InChI is InChI=1S/C8H17N3O5S2/c1-15-6-5-11(4-3-7(9)17)18(13,14)10-8(12)16-2/h3-6H2,1-2H3,(H2,9,17)(H,10,12). The first-order valence-electron chi connectivity index (χ1n) is 4.96. The number of hydrogen-bond acceptors (Lipinski definition) is 6. The summed E-state index contributed by atoms with van der Waals surface area (Å²) in [6.07, 6.45) is -0.853. The lowest BCUT2D eigenvalue weighted by Gasteiger charge is -2.21. The van der Waals surface area contributed by atoms with Crippen LogP contribution in [0, 0.1) is 0 Å². The fourth-order valence-electron chi connectivity index (χ4n) is 0.992. The zero-order chi connectivity index (χ0) is 14.2. The molecule has 0 radical (unpaired) electrons. The third kappa shape index (κ3) is 6.69. The monoisotopic (exact) mass is 299 g/mol. The van der Waals surface area contributed by atoms with E-state index in [1.807, 2.05) is 0 Å². The number of rotatable bonds is 8. The van der Waals surface area contributed by atoms with E-state index in [0.717, 1.165) is 11.4 Å². The smallest absolute Gasteiger partial charge is 0.421 e. The molecule has 3 N–H and O–H groups in total. The first-order valence-corrected chi connectivity index (χ1v) is 6.81. The van der Waals surface area contributed by atoms with Gasteiger partial charge in [0.1, 0.15) is 0 Å². The van der Waals surface area contributed by atoms with E-state index in [9.17, 15) is 13.2 Å². The number of nitrogens with one attached hydrogen (secondary N) is 1. The van der Waals surface area contributed by atoms with E-state index in [4.69, 9.17) is 10.5 Å². The van der Waals surface area contributed by atoms with Crippen LogP contribution in [-0.4, -0.2) is 57.7 Å². The Morgan fingerprint density at radius 1 is 1.39 bits per heavy atom. The molecule has 0 heterocycles. The molecule has 106 valence electrons. The van der Waals surface area contributed by atoms with E-state index in [-0.39, 0.29) is 31.1 Å². The second-order valence-corrected chi connectivity index (χ2v) is 5.40. The fraction of sp³-hybridized carbons (Fsp3) is 0.750. The highest BCUT2D eigenvalue weighted by atomic mass is 32.2. The number of carbonyl (C=O) groups is 1. The summed E-state index contributed by atoms with van der Waals surface area (Å²) >= 11 is 4.67. The third-order valence-corrected chi connectivity index (χ3v) is 3.56. The van der Waals surface area contributed by atoms with Gasteiger partial charge in [0.05, 0.1) is 18.7 Å². The van der Waals surface area contributed by atoms with Gasteiger partial charge in [0.2, 0.25) is 0 Å². The summed E-state index contributed by atoms with van der Waals surface area (Å²) < 4.78 is 35.3. The molecule has 0 saturated carbocycles. The van der Waals surface area contributed by atoms with Gasteiger partial charge in [-0.3, -0.25) is 0 Å². The van der Waals surface area contributed by atoms with E-state index in [1.165, 1.54) is 7.11 Å². The number of carbonyl (C=O) groups excluding carboxylic acids is 1. The topological polar surface area (TPSA) is 111 Å². The van der Waals surface area contributed by atoms with Crippen molar-refractivity contribution in [2.75, 3.05) is 33.9 Å². The van der Waals surface area contributed by atoms with Crippen molar-refractivity contribution in [1.82, 2.24) is 9.03 Å². The minimum Gasteiger partial charge on any atom is -0.452 e. The molecule has 0 bridgehead atoms. The summed E-state index contributed by atoms with van der Waals surface area (Å²) in [5, 5.41) is 0. The minimum atomic E-state index is -3.99. The van der Waals surface area contributed by atoms with Crippen molar-refractivity contribution in [2.45, 2.75) is 6.42 Å². The van der Waals surface area contributed by atoms with Crippen molar-refractivity contribution in [3.05, 3.63) is 0 Å². The Bertz CT molecular complexity index is 384. The molecular formula is C8H17N3O5S2. The molecule has 0 atom stereocenters. The Morgan fingerprint density at radius 2 is 2.00 bits per heavy atom. The van der Waals surface area contributed by atoms with E-state index in [1.54, 1.807) is 4.72 Å². The number of ether oxygens (including phenoxy) is 2. The predicted molar refractivity (Wildman–Crippen MR) is 69.3 cm³/mol. The molecular weight excluding hydrogens is 282 g/mol. The molecule has 0 aliphatic carbocycles. The largest absolute Gasteiger partial charge is 0.452 e. The normalized spacial score (nSPS) is 11.3. The summed E-state index contributed by atoms with van der Waals surface area (Å²) in [5.74, 6) is 0. The molecule has 0 aromatic heterocycles. The van der Waals surface area contributed by atoms with Crippen LogP contribution in [-0.2, 0) is 19.7 Å². The SMILES string of the molecule is COCCN(CCC(N)=S)S(=O)(=O)NC(=O)OC. The number of methoxy groups -OCH3 is 2. The zero-order valence-electron chi connectivity index (χ0n) is 10.2. The maximum Gasteiger partial charge on any atom is 0.421 e. The van der Waals surface area contributed by atoms with Gasteiger partial charge in [0.25, 0.3) is 0 Å². The van der Waals surface area contributed by atoms with Gasteiger partial charge in [0.15, 0.2) is 0 Å². The van der Waals surface area contributed by atoms with Crippen molar-refractivity contribution < 1.29 is 22.7 Å². The molecule has 10 heteroatoms. The lowest BCUT2D eigenvalue weighted by atomic mass is 10.4. The van der Waals surface area contributed by atoms with Gasteiger partial charge in [0, 0.05) is 26.6 Å². The van der Waals surface area contributed by atoms with Gasteiger partial charge in [-0.15, -0.1) is 0 Å². The van der Waals surface area contributed by atoms with Crippen LogP contribution in [0.5, 0.6) is 0 Å². The average Bonchev–Trinajstić information content (AvgIpc) is 2.27. The molecule has 0 spiro atoms. The molecule has 18 heavy (non-hydrogen) atoms. The van der Waals surface area contributed by atoms with Crippen LogP contribution in [0.15, 0.2) is 0 Å². The molecule has 0 aromatic carbocycles. The second kappa shape index (κ2) is 8.19. The molecule has 8 nitrogen and oxygen atoms in total. The van der Waals surface area contributed by atoms with Crippen molar-refractivity contribution in [1.29, 1.82) is 0 Å². The van der Waals surface area contributed by atoms with Crippen LogP contribution >= 0.6 is 12.2 Å². The minimum absolute atomic E-state index is 0.0605. The molecule has 1 amide bonds. The maximum atomic E-state index is 11.8. The Kier molecular flexibility index (Phi) is 7.75. The summed E-state index contributed by atoms with van der Waals surface area (Å²) in [6, 6.07) is 0. The lowest BCUT2D eigenvalue weighted by Crippen LogP contribution is -2.45. The number of thiocarbonyl (C=S) groups is 1. The number of hydrogen-bond donors (Lipinski definition) is 2. The quantitative estimate of drug-likeness (QED) is 0.565. The highest BCUT2D eigenvalue weighted by Crippen LogP contribution is 2.00. The first kappa shape index (κ1) is 17.0. The van der Waals surface area contributed by atoms with E-state index >= 15 is 0 Å². The average molecular weight is 299 g/mol. The van der Waals surface area contributed by atoms with Gasteiger partial charge in [-0.05, 0) is 0 Å². The molecule has 0 fully saturated rings. The van der Waals surface area contributed by atoms with E-state index in [0.29, 0.717) is 0 Å². The highest BCUT2D eigenvalue weighted by Gasteiger charge is 2.24. The fourth-order valence-corrected chi connectivity index (χ4v) is 2.15. The Labute approximate surface area is 112 Å². The zero-order valence-corrected chi connectivity index (χ0v) is 11.8.